The fraction of sp³-hybridized carbons (Fsp3) is 0.190. The summed E-state index contributed by atoms with van der Waals surface area (Å²) in [5, 5.41) is 13.1. The van der Waals surface area contributed by atoms with Crippen LogP contribution >= 0.6 is 35.0 Å². The molecule has 3 rings (SSSR count). The van der Waals surface area contributed by atoms with Crippen molar-refractivity contribution in [1.82, 2.24) is 14.8 Å². The molecule has 0 radical (unpaired) electrons. The topological polar surface area (TPSA) is 69.0 Å². The fourth-order valence-corrected chi connectivity index (χ4v) is 3.73. The Labute approximate surface area is 189 Å². The number of allylic oxidation sites excluding steroid dienone is 1. The number of benzene rings is 2. The average Bonchev–Trinajstić information content (AvgIpc) is 3.11. The van der Waals surface area contributed by atoms with Crippen LogP contribution in [-0.4, -0.2) is 26.4 Å². The molecule has 1 heterocycles. The molecule has 1 N–H and O–H groups in total. The van der Waals surface area contributed by atoms with E-state index in [-0.39, 0.29) is 17.8 Å². The zero-order chi connectivity index (χ0) is 21.5. The molecule has 1 amide bonds. The van der Waals surface area contributed by atoms with E-state index in [0.29, 0.717) is 39.0 Å². The van der Waals surface area contributed by atoms with E-state index in [0.717, 1.165) is 0 Å². The number of carbonyl (C=O) groups is 1. The number of nitrogens with one attached hydrogen (secondary N) is 1. The van der Waals surface area contributed by atoms with Gasteiger partial charge in [-0.25, -0.2) is 0 Å². The van der Waals surface area contributed by atoms with Crippen LogP contribution in [0.25, 0.3) is 0 Å². The second-order valence-corrected chi connectivity index (χ2v) is 8.12. The van der Waals surface area contributed by atoms with Crippen LogP contribution in [-0.2, 0) is 11.3 Å². The largest absolute Gasteiger partial charge is 0.483 e. The third-order valence-corrected chi connectivity index (χ3v) is 5.44. The van der Waals surface area contributed by atoms with Crippen LogP contribution in [0.15, 0.2) is 66.3 Å². The molecule has 0 aliphatic heterocycles. The van der Waals surface area contributed by atoms with Crippen molar-refractivity contribution in [3.8, 4) is 5.75 Å². The molecule has 0 aliphatic carbocycles. The molecule has 0 saturated carbocycles. The Kier molecular flexibility index (Phi) is 7.79. The highest BCUT2D eigenvalue weighted by Gasteiger charge is 2.20. The molecule has 3 aromatic rings. The molecule has 6 nitrogen and oxygen atoms in total. The van der Waals surface area contributed by atoms with Crippen LogP contribution in [0, 0.1) is 0 Å². The second kappa shape index (κ2) is 10.5. The van der Waals surface area contributed by atoms with Gasteiger partial charge < -0.3 is 10.1 Å². The number of amides is 1. The van der Waals surface area contributed by atoms with Gasteiger partial charge >= 0.3 is 0 Å². The summed E-state index contributed by atoms with van der Waals surface area (Å²) in [4.78, 5) is 12.3. The van der Waals surface area contributed by atoms with Gasteiger partial charge in [-0.15, -0.1) is 16.8 Å². The average molecular weight is 463 g/mol. The number of halogens is 2. The van der Waals surface area contributed by atoms with Crippen molar-refractivity contribution in [3.05, 3.63) is 77.1 Å². The number of ether oxygens (including phenoxy) is 1. The molecule has 1 aromatic heterocycles. The van der Waals surface area contributed by atoms with Crippen molar-refractivity contribution in [3.63, 3.8) is 0 Å². The minimum atomic E-state index is -0.367. The van der Waals surface area contributed by atoms with Crippen LogP contribution in [0.1, 0.15) is 18.9 Å². The van der Waals surface area contributed by atoms with Crippen LogP contribution in [0.4, 0.5) is 5.69 Å². The van der Waals surface area contributed by atoms with E-state index in [1.165, 1.54) is 11.8 Å². The molecule has 0 saturated heterocycles. The number of rotatable bonds is 9. The van der Waals surface area contributed by atoms with E-state index in [2.05, 4.69) is 22.1 Å². The van der Waals surface area contributed by atoms with Gasteiger partial charge in [0.05, 0.1) is 5.75 Å². The van der Waals surface area contributed by atoms with E-state index < -0.39 is 0 Å². The Morgan fingerprint density at radius 1 is 1.23 bits per heavy atom. The minimum Gasteiger partial charge on any atom is -0.483 e. The second-order valence-electron chi connectivity index (χ2n) is 6.30. The standard InChI is InChI=1S/C21H20Cl2N4O2S/c1-3-11-27-20(14(2)29-18-6-4-5-16(23)12-18)25-26-21(27)30-13-19(28)24-17-9-7-15(22)8-10-17/h3-10,12,14H,1,11,13H2,2H3,(H,24,28). The Morgan fingerprint density at radius 2 is 2.00 bits per heavy atom. The maximum atomic E-state index is 12.3. The minimum absolute atomic E-state index is 0.153. The number of carbonyl (C=O) groups excluding carboxylic acids is 1. The summed E-state index contributed by atoms with van der Waals surface area (Å²) in [6.45, 7) is 6.17. The summed E-state index contributed by atoms with van der Waals surface area (Å²) in [6, 6.07) is 14.1. The van der Waals surface area contributed by atoms with Crippen molar-refractivity contribution in [2.45, 2.75) is 24.7 Å². The first-order valence-electron chi connectivity index (χ1n) is 9.10. The number of aromatic nitrogens is 3. The van der Waals surface area contributed by atoms with Crippen molar-refractivity contribution in [1.29, 1.82) is 0 Å². The first-order valence-corrected chi connectivity index (χ1v) is 10.8. The normalized spacial score (nSPS) is 11.7. The molecule has 30 heavy (non-hydrogen) atoms. The van der Waals surface area contributed by atoms with Gasteiger partial charge in [0.25, 0.3) is 0 Å². The zero-order valence-electron chi connectivity index (χ0n) is 16.2. The fourth-order valence-electron chi connectivity index (χ4n) is 2.67. The molecule has 1 unspecified atom stereocenters. The van der Waals surface area contributed by atoms with E-state index in [1.807, 2.05) is 23.6 Å². The quantitative estimate of drug-likeness (QED) is 0.329. The molecule has 2 aromatic carbocycles. The number of nitrogens with zero attached hydrogens (tertiary/aromatic N) is 3. The Bertz CT molecular complexity index is 1020. The molecule has 0 fully saturated rings. The maximum absolute atomic E-state index is 12.3. The Balaban J connectivity index is 1.66. The first kappa shape index (κ1) is 22.2. The molecule has 9 heteroatoms. The molecule has 0 aliphatic rings. The van der Waals surface area contributed by atoms with Gasteiger partial charge in [0.15, 0.2) is 17.1 Å². The van der Waals surface area contributed by atoms with Crippen LogP contribution in [0.2, 0.25) is 10.0 Å². The summed E-state index contributed by atoms with van der Waals surface area (Å²) in [7, 11) is 0. The lowest BCUT2D eigenvalue weighted by molar-refractivity contribution is -0.113. The maximum Gasteiger partial charge on any atom is 0.234 e. The molecule has 156 valence electrons. The van der Waals surface area contributed by atoms with Crippen molar-refractivity contribution in [2.75, 3.05) is 11.1 Å². The lowest BCUT2D eigenvalue weighted by Gasteiger charge is -2.16. The van der Waals surface area contributed by atoms with Crippen molar-refractivity contribution < 1.29 is 9.53 Å². The van der Waals surface area contributed by atoms with Gasteiger partial charge in [-0.05, 0) is 49.4 Å². The predicted octanol–water partition coefficient (Wildman–Crippen LogP) is 5.64. The van der Waals surface area contributed by atoms with E-state index >= 15 is 0 Å². The van der Waals surface area contributed by atoms with Gasteiger partial charge in [0, 0.05) is 22.3 Å². The van der Waals surface area contributed by atoms with Crippen molar-refractivity contribution >= 4 is 46.6 Å². The van der Waals surface area contributed by atoms with Gasteiger partial charge in [-0.3, -0.25) is 9.36 Å². The van der Waals surface area contributed by atoms with Crippen LogP contribution in [0.3, 0.4) is 0 Å². The number of hydrogen-bond acceptors (Lipinski definition) is 5. The summed E-state index contributed by atoms with van der Waals surface area (Å²) >= 11 is 13.2. The van der Waals surface area contributed by atoms with Gasteiger partial charge in [0.2, 0.25) is 5.91 Å². The highest BCUT2D eigenvalue weighted by molar-refractivity contribution is 7.99. The SMILES string of the molecule is C=CCn1c(SCC(=O)Nc2ccc(Cl)cc2)nnc1C(C)Oc1cccc(Cl)c1. The lowest BCUT2D eigenvalue weighted by Crippen LogP contribution is -2.15. The first-order chi connectivity index (χ1) is 14.5. The van der Waals surface area contributed by atoms with Gasteiger partial charge in [0.1, 0.15) is 5.75 Å². The molecular formula is C21H20Cl2N4O2S. The van der Waals surface area contributed by atoms with E-state index in [1.54, 1.807) is 42.5 Å². The Hall–Kier alpha value is -2.48. The molecule has 0 spiro atoms. The smallest absolute Gasteiger partial charge is 0.234 e. The monoisotopic (exact) mass is 462 g/mol. The summed E-state index contributed by atoms with van der Waals surface area (Å²) in [5.74, 6) is 1.30. The van der Waals surface area contributed by atoms with E-state index in [9.17, 15) is 4.79 Å². The van der Waals surface area contributed by atoms with Crippen molar-refractivity contribution in [2.24, 2.45) is 0 Å². The number of hydrogen-bond donors (Lipinski definition) is 1. The highest BCUT2D eigenvalue weighted by atomic mass is 35.5. The predicted molar refractivity (Wildman–Crippen MR) is 122 cm³/mol. The highest BCUT2D eigenvalue weighted by Crippen LogP contribution is 2.26. The van der Waals surface area contributed by atoms with Crippen LogP contribution < -0.4 is 10.1 Å². The zero-order valence-corrected chi connectivity index (χ0v) is 18.5. The number of thioether (sulfide) groups is 1. The van der Waals surface area contributed by atoms with Crippen LogP contribution in [0.5, 0.6) is 5.75 Å². The third-order valence-electron chi connectivity index (χ3n) is 3.99. The molecular weight excluding hydrogens is 443 g/mol. The summed E-state index contributed by atoms with van der Waals surface area (Å²) in [6.07, 6.45) is 1.38. The number of anilines is 1. The summed E-state index contributed by atoms with van der Waals surface area (Å²) in [5.41, 5.74) is 0.682. The Morgan fingerprint density at radius 3 is 2.70 bits per heavy atom. The van der Waals surface area contributed by atoms with Gasteiger partial charge in [-0.1, -0.05) is 47.1 Å². The molecule has 1 atom stereocenters. The van der Waals surface area contributed by atoms with Gasteiger partial charge in [-0.2, -0.15) is 0 Å². The lowest BCUT2D eigenvalue weighted by atomic mass is 10.3. The molecule has 0 bridgehead atoms. The van der Waals surface area contributed by atoms with E-state index in [4.69, 9.17) is 27.9 Å². The third kappa shape index (κ3) is 6.01. The summed E-state index contributed by atoms with van der Waals surface area (Å²) < 4.78 is 7.83.